The molecule has 0 aromatic heterocycles. The van der Waals surface area contributed by atoms with Crippen LogP contribution >= 0.6 is 0 Å². The first kappa shape index (κ1) is 11.0. The number of amides is 1. The predicted molar refractivity (Wildman–Crippen MR) is 61.4 cm³/mol. The number of methoxy groups -OCH3 is 1. The lowest BCUT2D eigenvalue weighted by Gasteiger charge is -2.34. The summed E-state index contributed by atoms with van der Waals surface area (Å²) in [6, 6.07) is 7.58. The summed E-state index contributed by atoms with van der Waals surface area (Å²) in [6.07, 6.45) is 0. The number of nitrogens with one attached hydrogen (secondary N) is 2. The smallest absolute Gasteiger partial charge is 0.244 e. The summed E-state index contributed by atoms with van der Waals surface area (Å²) in [5, 5.41) is 6.11. The highest BCUT2D eigenvalue weighted by atomic mass is 16.5. The van der Waals surface area contributed by atoms with Crippen molar-refractivity contribution in [3.63, 3.8) is 0 Å². The largest absolute Gasteiger partial charge is 0.497 e. The third-order valence-corrected chi connectivity index (χ3v) is 2.99. The molecule has 0 radical (unpaired) electrons. The Morgan fingerprint density at radius 3 is 2.88 bits per heavy atom. The molecule has 4 nitrogen and oxygen atoms in total. The zero-order chi connectivity index (χ0) is 11.6. The summed E-state index contributed by atoms with van der Waals surface area (Å²) >= 11 is 0. The molecule has 1 aromatic carbocycles. The van der Waals surface area contributed by atoms with Crippen LogP contribution in [0.1, 0.15) is 12.5 Å². The molecule has 16 heavy (non-hydrogen) atoms. The Morgan fingerprint density at radius 1 is 1.38 bits per heavy atom. The summed E-state index contributed by atoms with van der Waals surface area (Å²) < 4.78 is 5.17. The van der Waals surface area contributed by atoms with Gasteiger partial charge in [0.1, 0.15) is 11.3 Å². The Morgan fingerprint density at radius 2 is 2.19 bits per heavy atom. The minimum absolute atomic E-state index is 0.00648. The van der Waals surface area contributed by atoms with Crippen molar-refractivity contribution in [3.8, 4) is 5.75 Å². The molecule has 1 aliphatic heterocycles. The normalized spacial score (nSPS) is 25.0. The van der Waals surface area contributed by atoms with Gasteiger partial charge in [-0.25, -0.2) is 0 Å². The molecule has 1 aliphatic rings. The van der Waals surface area contributed by atoms with Gasteiger partial charge in [-0.1, -0.05) is 12.1 Å². The topological polar surface area (TPSA) is 50.4 Å². The summed E-state index contributed by atoms with van der Waals surface area (Å²) in [5.41, 5.74) is 0.260. The van der Waals surface area contributed by atoms with E-state index in [1.165, 1.54) is 0 Å². The van der Waals surface area contributed by atoms with Crippen molar-refractivity contribution in [1.29, 1.82) is 0 Å². The summed E-state index contributed by atoms with van der Waals surface area (Å²) in [5.74, 6) is 0.769. The molecular weight excluding hydrogens is 204 g/mol. The van der Waals surface area contributed by atoms with Crippen LogP contribution in [0, 0.1) is 0 Å². The fourth-order valence-electron chi connectivity index (χ4n) is 1.91. The predicted octanol–water partition coefficient (Wildman–Crippen LogP) is 0.630. The van der Waals surface area contributed by atoms with Crippen molar-refractivity contribution < 1.29 is 9.53 Å². The van der Waals surface area contributed by atoms with Crippen LogP contribution in [-0.2, 0) is 10.3 Å². The van der Waals surface area contributed by atoms with Crippen LogP contribution in [0.15, 0.2) is 24.3 Å². The standard InChI is InChI=1S/C12H16N2O2/c1-12(11(15)13-6-7-14-12)9-4-3-5-10(8-9)16-2/h3-5,8,14H,6-7H2,1-2H3,(H,13,15). The SMILES string of the molecule is COc1cccc(C2(C)NCCNC2=O)c1. The molecule has 0 aliphatic carbocycles. The highest BCUT2D eigenvalue weighted by molar-refractivity contribution is 5.88. The van der Waals surface area contributed by atoms with E-state index in [-0.39, 0.29) is 5.91 Å². The zero-order valence-electron chi connectivity index (χ0n) is 9.54. The third kappa shape index (κ3) is 1.76. The van der Waals surface area contributed by atoms with Crippen LogP contribution in [0.3, 0.4) is 0 Å². The van der Waals surface area contributed by atoms with Crippen molar-refractivity contribution in [2.75, 3.05) is 20.2 Å². The Balaban J connectivity index is 2.37. The van der Waals surface area contributed by atoms with Gasteiger partial charge in [0.2, 0.25) is 5.91 Å². The summed E-state index contributed by atoms with van der Waals surface area (Å²) in [4.78, 5) is 11.9. The minimum atomic E-state index is -0.660. The maximum atomic E-state index is 11.9. The van der Waals surface area contributed by atoms with Gasteiger partial charge >= 0.3 is 0 Å². The number of piperazine rings is 1. The van der Waals surface area contributed by atoms with E-state index in [4.69, 9.17) is 4.74 Å². The molecule has 0 saturated carbocycles. The molecule has 1 amide bonds. The highest BCUT2D eigenvalue weighted by Crippen LogP contribution is 2.25. The first-order valence-electron chi connectivity index (χ1n) is 5.34. The van der Waals surface area contributed by atoms with Gasteiger partial charge in [0, 0.05) is 13.1 Å². The molecule has 86 valence electrons. The van der Waals surface area contributed by atoms with E-state index in [1.807, 2.05) is 31.2 Å². The first-order valence-corrected chi connectivity index (χ1v) is 5.34. The lowest BCUT2D eigenvalue weighted by molar-refractivity contribution is -0.128. The van der Waals surface area contributed by atoms with Crippen LogP contribution in [0.5, 0.6) is 5.75 Å². The Hall–Kier alpha value is -1.55. The van der Waals surface area contributed by atoms with E-state index in [0.29, 0.717) is 6.54 Å². The Bertz CT molecular complexity index is 406. The molecule has 1 heterocycles. The number of hydrogen-bond donors (Lipinski definition) is 2. The molecule has 1 saturated heterocycles. The number of benzene rings is 1. The number of rotatable bonds is 2. The number of carbonyl (C=O) groups is 1. The van der Waals surface area contributed by atoms with E-state index in [2.05, 4.69) is 10.6 Å². The monoisotopic (exact) mass is 220 g/mol. The van der Waals surface area contributed by atoms with Crippen molar-refractivity contribution in [2.45, 2.75) is 12.5 Å². The number of carbonyl (C=O) groups excluding carboxylic acids is 1. The highest BCUT2D eigenvalue weighted by Gasteiger charge is 2.36. The van der Waals surface area contributed by atoms with Gasteiger partial charge in [0.15, 0.2) is 0 Å². The van der Waals surface area contributed by atoms with Crippen molar-refractivity contribution in [1.82, 2.24) is 10.6 Å². The second-order valence-corrected chi connectivity index (χ2v) is 4.04. The molecular formula is C12H16N2O2. The molecule has 1 aromatic rings. The van der Waals surface area contributed by atoms with Crippen LogP contribution in [0.4, 0.5) is 0 Å². The van der Waals surface area contributed by atoms with Gasteiger partial charge in [0.05, 0.1) is 7.11 Å². The van der Waals surface area contributed by atoms with Crippen LogP contribution in [-0.4, -0.2) is 26.1 Å². The van der Waals surface area contributed by atoms with Gasteiger partial charge in [-0.3, -0.25) is 10.1 Å². The van der Waals surface area contributed by atoms with Gasteiger partial charge in [-0.05, 0) is 24.6 Å². The summed E-state index contributed by atoms with van der Waals surface area (Å²) in [6.45, 7) is 3.34. The summed E-state index contributed by atoms with van der Waals surface area (Å²) in [7, 11) is 1.62. The van der Waals surface area contributed by atoms with Crippen molar-refractivity contribution in [2.24, 2.45) is 0 Å². The fraction of sp³-hybridized carbons (Fsp3) is 0.417. The first-order chi connectivity index (χ1) is 7.66. The second-order valence-electron chi connectivity index (χ2n) is 4.04. The Kier molecular flexibility index (Phi) is 2.83. The molecule has 0 spiro atoms. The van der Waals surface area contributed by atoms with Gasteiger partial charge in [-0.15, -0.1) is 0 Å². The van der Waals surface area contributed by atoms with E-state index in [0.717, 1.165) is 17.9 Å². The molecule has 1 atom stereocenters. The van der Waals surface area contributed by atoms with Gasteiger partial charge in [0.25, 0.3) is 0 Å². The van der Waals surface area contributed by atoms with Crippen LogP contribution in [0.2, 0.25) is 0 Å². The van der Waals surface area contributed by atoms with E-state index in [1.54, 1.807) is 7.11 Å². The second kappa shape index (κ2) is 4.14. The average Bonchev–Trinajstić information content (AvgIpc) is 2.33. The van der Waals surface area contributed by atoms with E-state index in [9.17, 15) is 4.79 Å². The number of ether oxygens (including phenoxy) is 1. The Labute approximate surface area is 95.0 Å². The molecule has 1 unspecified atom stereocenters. The zero-order valence-corrected chi connectivity index (χ0v) is 9.54. The van der Waals surface area contributed by atoms with E-state index < -0.39 is 5.54 Å². The number of hydrogen-bond acceptors (Lipinski definition) is 3. The molecule has 2 N–H and O–H groups in total. The fourth-order valence-corrected chi connectivity index (χ4v) is 1.91. The minimum Gasteiger partial charge on any atom is -0.497 e. The maximum absolute atomic E-state index is 11.9. The lowest BCUT2D eigenvalue weighted by Crippen LogP contribution is -2.59. The molecule has 1 fully saturated rings. The average molecular weight is 220 g/mol. The van der Waals surface area contributed by atoms with Gasteiger partial charge in [-0.2, -0.15) is 0 Å². The molecule has 2 rings (SSSR count). The van der Waals surface area contributed by atoms with Crippen LogP contribution < -0.4 is 15.4 Å². The molecule has 4 heteroatoms. The van der Waals surface area contributed by atoms with Crippen molar-refractivity contribution >= 4 is 5.91 Å². The molecule has 0 bridgehead atoms. The quantitative estimate of drug-likeness (QED) is 0.768. The lowest BCUT2D eigenvalue weighted by atomic mass is 9.89. The maximum Gasteiger partial charge on any atom is 0.244 e. The van der Waals surface area contributed by atoms with Crippen molar-refractivity contribution in [3.05, 3.63) is 29.8 Å². The van der Waals surface area contributed by atoms with Gasteiger partial charge < -0.3 is 10.1 Å². The third-order valence-electron chi connectivity index (χ3n) is 2.99. The van der Waals surface area contributed by atoms with Crippen LogP contribution in [0.25, 0.3) is 0 Å². The van der Waals surface area contributed by atoms with E-state index >= 15 is 0 Å².